The molecule has 6 nitrogen and oxygen atoms in total. The van der Waals surface area contributed by atoms with E-state index in [2.05, 4.69) is 4.74 Å². The molecule has 1 aromatic carbocycles. The van der Waals surface area contributed by atoms with E-state index in [4.69, 9.17) is 23.1 Å². The van der Waals surface area contributed by atoms with E-state index in [1.807, 2.05) is 0 Å². The van der Waals surface area contributed by atoms with Gasteiger partial charge in [0.25, 0.3) is 0 Å². The van der Waals surface area contributed by atoms with E-state index in [-0.39, 0.29) is 31.1 Å². The van der Waals surface area contributed by atoms with Crippen LogP contribution in [0.4, 0.5) is 11.4 Å². The number of ether oxygens (including phenoxy) is 1. The van der Waals surface area contributed by atoms with Gasteiger partial charge in [-0.05, 0) is 24.5 Å². The predicted molar refractivity (Wildman–Crippen MR) is 93.2 cm³/mol. The lowest BCUT2D eigenvalue weighted by Crippen LogP contribution is -2.05. The Kier molecular flexibility index (Phi) is 5.14. The summed E-state index contributed by atoms with van der Waals surface area (Å²) in [6, 6.07) is 3.77. The molecule has 4 N–H and O–H groups in total. The molecule has 2 aromatic rings. The molecule has 23 heavy (non-hydrogen) atoms. The van der Waals surface area contributed by atoms with Gasteiger partial charge in [0.05, 0.1) is 37.5 Å². The molecule has 124 valence electrons. The molecule has 1 aromatic heterocycles. The van der Waals surface area contributed by atoms with Crippen molar-refractivity contribution < 1.29 is 17.9 Å². The second-order valence-electron chi connectivity index (χ2n) is 4.37. The minimum Gasteiger partial charge on any atom is -0.465 e. The SMILES string of the molecule is COC(=O)c1cc(S(=O)(=O)c2cc(N)c(N)c(Cl)c2)c(SC)s1. The molecule has 0 bridgehead atoms. The van der Waals surface area contributed by atoms with E-state index in [9.17, 15) is 13.2 Å². The van der Waals surface area contributed by atoms with E-state index in [0.29, 0.717) is 4.21 Å². The molecular formula is C13H13ClN2O4S3. The summed E-state index contributed by atoms with van der Waals surface area (Å²) in [6.07, 6.45) is 1.72. The maximum absolute atomic E-state index is 12.8. The molecule has 0 amide bonds. The zero-order valence-electron chi connectivity index (χ0n) is 12.1. The Balaban J connectivity index is 2.64. The molecule has 0 unspecified atom stereocenters. The van der Waals surface area contributed by atoms with Gasteiger partial charge in [-0.3, -0.25) is 0 Å². The van der Waals surface area contributed by atoms with Crippen molar-refractivity contribution in [3.8, 4) is 0 Å². The number of thioether (sulfide) groups is 1. The number of anilines is 2. The van der Waals surface area contributed by atoms with Gasteiger partial charge < -0.3 is 16.2 Å². The molecule has 0 aliphatic heterocycles. The molecule has 0 aliphatic carbocycles. The van der Waals surface area contributed by atoms with Gasteiger partial charge in [-0.15, -0.1) is 23.1 Å². The number of rotatable bonds is 4. The molecule has 0 aliphatic rings. The number of benzene rings is 1. The van der Waals surface area contributed by atoms with Gasteiger partial charge >= 0.3 is 5.97 Å². The molecule has 0 saturated heterocycles. The standard InChI is InChI=1S/C13H13ClN2O4S3/c1-20-12(17)9-5-10(13(21-2)22-9)23(18,19)6-3-7(14)11(16)8(15)4-6/h3-5H,15-16H2,1-2H3. The Morgan fingerprint density at radius 1 is 1.30 bits per heavy atom. The van der Waals surface area contributed by atoms with Crippen molar-refractivity contribution in [2.24, 2.45) is 0 Å². The van der Waals surface area contributed by atoms with Gasteiger partial charge in [0.2, 0.25) is 9.84 Å². The molecule has 10 heteroatoms. The summed E-state index contributed by atoms with van der Waals surface area (Å²) in [7, 11) is -2.67. The van der Waals surface area contributed by atoms with E-state index in [1.54, 1.807) is 6.26 Å². The average molecular weight is 393 g/mol. The van der Waals surface area contributed by atoms with Crippen LogP contribution >= 0.6 is 34.7 Å². The first-order valence-electron chi connectivity index (χ1n) is 6.08. The number of sulfone groups is 1. The zero-order chi connectivity index (χ0) is 17.4. The third-order valence-corrected chi connectivity index (χ3v) is 7.55. The van der Waals surface area contributed by atoms with Crippen molar-refractivity contribution >= 4 is 61.9 Å². The van der Waals surface area contributed by atoms with Crippen LogP contribution in [0.15, 0.2) is 32.2 Å². The maximum Gasteiger partial charge on any atom is 0.348 e. The highest BCUT2D eigenvalue weighted by Crippen LogP contribution is 2.39. The smallest absolute Gasteiger partial charge is 0.348 e. The number of carbonyl (C=O) groups is 1. The van der Waals surface area contributed by atoms with Crippen LogP contribution in [-0.2, 0) is 14.6 Å². The van der Waals surface area contributed by atoms with Crippen LogP contribution in [-0.4, -0.2) is 27.8 Å². The lowest BCUT2D eigenvalue weighted by Gasteiger charge is -2.08. The molecular weight excluding hydrogens is 380 g/mol. The number of nitrogen functional groups attached to an aromatic ring is 2. The highest BCUT2D eigenvalue weighted by molar-refractivity contribution is 8.01. The van der Waals surface area contributed by atoms with Crippen LogP contribution in [0.3, 0.4) is 0 Å². The molecule has 0 atom stereocenters. The first-order chi connectivity index (χ1) is 10.7. The predicted octanol–water partition coefficient (Wildman–Crippen LogP) is 2.91. The first kappa shape index (κ1) is 17.9. The monoisotopic (exact) mass is 392 g/mol. The Morgan fingerprint density at radius 2 is 1.96 bits per heavy atom. The minimum atomic E-state index is -3.90. The van der Waals surface area contributed by atoms with Gasteiger partial charge in [0.1, 0.15) is 4.88 Å². The summed E-state index contributed by atoms with van der Waals surface area (Å²) in [4.78, 5) is 11.8. The van der Waals surface area contributed by atoms with Crippen molar-refractivity contribution in [3.05, 3.63) is 28.1 Å². The second-order valence-corrected chi connectivity index (χ2v) is 8.82. The number of methoxy groups -OCH3 is 1. The first-order valence-corrected chi connectivity index (χ1v) is 9.98. The summed E-state index contributed by atoms with van der Waals surface area (Å²) >= 11 is 8.18. The average Bonchev–Trinajstić information content (AvgIpc) is 2.96. The van der Waals surface area contributed by atoms with Gasteiger partial charge in [0.15, 0.2) is 0 Å². The van der Waals surface area contributed by atoms with Crippen LogP contribution in [0.2, 0.25) is 5.02 Å². The number of hydrogen-bond acceptors (Lipinski definition) is 8. The van der Waals surface area contributed by atoms with Crippen molar-refractivity contribution in [1.82, 2.24) is 0 Å². The summed E-state index contributed by atoms with van der Waals surface area (Å²) < 4.78 is 30.8. The van der Waals surface area contributed by atoms with E-state index in [0.717, 1.165) is 11.3 Å². The molecule has 0 saturated carbocycles. The number of thiophene rings is 1. The Morgan fingerprint density at radius 3 is 2.48 bits per heavy atom. The highest BCUT2D eigenvalue weighted by atomic mass is 35.5. The lowest BCUT2D eigenvalue weighted by atomic mass is 10.3. The van der Waals surface area contributed by atoms with E-state index >= 15 is 0 Å². The van der Waals surface area contributed by atoms with Crippen LogP contribution in [0, 0.1) is 0 Å². The quantitative estimate of drug-likeness (QED) is 0.467. The number of halogens is 1. The number of hydrogen-bond donors (Lipinski definition) is 2. The summed E-state index contributed by atoms with van der Waals surface area (Å²) in [5, 5.41) is 0.0534. The van der Waals surface area contributed by atoms with Gasteiger partial charge in [-0.2, -0.15) is 0 Å². The van der Waals surface area contributed by atoms with Crippen LogP contribution < -0.4 is 11.5 Å². The number of nitrogens with two attached hydrogens (primary N) is 2. The molecule has 2 rings (SSSR count). The van der Waals surface area contributed by atoms with Crippen molar-refractivity contribution in [3.63, 3.8) is 0 Å². The molecule has 1 heterocycles. The van der Waals surface area contributed by atoms with Crippen LogP contribution in [0.5, 0.6) is 0 Å². The molecule has 0 spiro atoms. The maximum atomic E-state index is 12.8. The van der Waals surface area contributed by atoms with Crippen molar-refractivity contribution in [2.75, 3.05) is 24.8 Å². The number of carbonyl (C=O) groups excluding carboxylic acids is 1. The van der Waals surface area contributed by atoms with Gasteiger partial charge in [-0.25, -0.2) is 13.2 Å². The highest BCUT2D eigenvalue weighted by Gasteiger charge is 2.27. The zero-order valence-corrected chi connectivity index (χ0v) is 15.3. The molecule has 0 radical (unpaired) electrons. The molecule has 0 fully saturated rings. The summed E-state index contributed by atoms with van der Waals surface area (Å²) in [5.41, 5.74) is 11.5. The van der Waals surface area contributed by atoms with Gasteiger partial charge in [-0.1, -0.05) is 11.6 Å². The van der Waals surface area contributed by atoms with Crippen LogP contribution in [0.25, 0.3) is 0 Å². The van der Waals surface area contributed by atoms with Crippen molar-refractivity contribution in [1.29, 1.82) is 0 Å². The largest absolute Gasteiger partial charge is 0.465 e. The minimum absolute atomic E-state index is 0.00985. The fourth-order valence-electron chi connectivity index (χ4n) is 1.78. The normalized spacial score (nSPS) is 11.4. The second kappa shape index (κ2) is 6.60. The fourth-order valence-corrected chi connectivity index (χ4v) is 6.05. The fraction of sp³-hybridized carbons (Fsp3) is 0.154. The van der Waals surface area contributed by atoms with E-state index < -0.39 is 15.8 Å². The number of esters is 1. The summed E-state index contributed by atoms with van der Waals surface area (Å²) in [6.45, 7) is 0. The third kappa shape index (κ3) is 3.27. The van der Waals surface area contributed by atoms with Crippen LogP contribution in [0.1, 0.15) is 9.67 Å². The Bertz CT molecular complexity index is 854. The topological polar surface area (TPSA) is 112 Å². The van der Waals surface area contributed by atoms with E-state index in [1.165, 1.54) is 37.1 Å². The Hall–Kier alpha value is -1.42. The van der Waals surface area contributed by atoms with Crippen molar-refractivity contribution in [2.45, 2.75) is 14.0 Å². The summed E-state index contributed by atoms with van der Waals surface area (Å²) in [5.74, 6) is -0.596. The lowest BCUT2D eigenvalue weighted by molar-refractivity contribution is 0.0606. The third-order valence-electron chi connectivity index (χ3n) is 2.97. The van der Waals surface area contributed by atoms with Gasteiger partial charge in [0, 0.05) is 0 Å². The Labute approximate surface area is 146 Å².